The summed E-state index contributed by atoms with van der Waals surface area (Å²) in [5, 5.41) is 6.75. The first kappa shape index (κ1) is 23.7. The molecule has 6 nitrogen and oxygen atoms in total. The highest BCUT2D eigenvalue weighted by atomic mass is 32.1. The zero-order chi connectivity index (χ0) is 23.3. The molecule has 0 fully saturated rings. The second-order valence-corrected chi connectivity index (χ2v) is 9.83. The van der Waals surface area contributed by atoms with E-state index in [4.69, 9.17) is 9.47 Å². The Hall–Kier alpha value is -2.97. The maximum absolute atomic E-state index is 12.5. The van der Waals surface area contributed by atoms with Gasteiger partial charge < -0.3 is 14.8 Å². The average molecular weight is 472 g/mol. The van der Waals surface area contributed by atoms with Crippen LogP contribution in [0.5, 0.6) is 0 Å². The van der Waals surface area contributed by atoms with Crippen molar-refractivity contribution in [3.8, 4) is 10.4 Å². The van der Waals surface area contributed by atoms with Crippen LogP contribution in [0.4, 0.5) is 5.00 Å². The van der Waals surface area contributed by atoms with Gasteiger partial charge in [0.05, 0.1) is 12.2 Å². The number of esters is 2. The molecule has 1 aromatic carbocycles. The Morgan fingerprint density at radius 3 is 2.28 bits per heavy atom. The molecule has 0 aliphatic carbocycles. The van der Waals surface area contributed by atoms with E-state index in [-0.39, 0.29) is 12.0 Å². The fraction of sp³-hybridized carbons (Fsp3) is 0.292. The number of rotatable bonds is 7. The first-order chi connectivity index (χ1) is 15.2. The molecule has 2 aromatic heterocycles. The summed E-state index contributed by atoms with van der Waals surface area (Å²) in [4.78, 5) is 38.2. The topological polar surface area (TPSA) is 81.7 Å². The Morgan fingerprint density at radius 2 is 1.69 bits per heavy atom. The van der Waals surface area contributed by atoms with Crippen molar-refractivity contribution in [1.82, 2.24) is 0 Å². The van der Waals surface area contributed by atoms with Crippen LogP contribution in [0.25, 0.3) is 10.4 Å². The molecule has 1 N–H and O–H groups in total. The van der Waals surface area contributed by atoms with Crippen LogP contribution in [0.15, 0.2) is 47.2 Å². The Morgan fingerprint density at radius 1 is 0.969 bits per heavy atom. The highest BCUT2D eigenvalue weighted by Crippen LogP contribution is 2.38. The lowest BCUT2D eigenvalue weighted by Gasteiger charge is -2.18. The molecule has 0 saturated carbocycles. The van der Waals surface area contributed by atoms with Crippen LogP contribution >= 0.6 is 22.7 Å². The van der Waals surface area contributed by atoms with Crippen molar-refractivity contribution in [3.63, 3.8) is 0 Å². The molecule has 0 saturated heterocycles. The maximum atomic E-state index is 12.5. The van der Waals surface area contributed by atoms with Gasteiger partial charge in [0.25, 0.3) is 5.91 Å². The standard InChI is InChI=1S/C24H25NO5S2/c1-5-29-23(28)20-17(18-7-6-12-31-18)14-32-21(20)25-19(26)13-30-22(27)15-8-10-16(11-9-15)24(2,3)4/h6-12,14H,5,13H2,1-4H3,(H,25,26). The summed E-state index contributed by atoms with van der Waals surface area (Å²) in [6, 6.07) is 10.9. The molecule has 0 radical (unpaired) electrons. The van der Waals surface area contributed by atoms with Crippen molar-refractivity contribution in [2.24, 2.45) is 0 Å². The largest absolute Gasteiger partial charge is 0.462 e. The van der Waals surface area contributed by atoms with E-state index in [1.807, 2.05) is 29.6 Å². The summed E-state index contributed by atoms with van der Waals surface area (Å²) in [7, 11) is 0. The van der Waals surface area contributed by atoms with Crippen LogP contribution in [-0.4, -0.2) is 31.1 Å². The van der Waals surface area contributed by atoms with Crippen molar-refractivity contribution in [3.05, 3.63) is 63.8 Å². The second-order valence-electron chi connectivity index (χ2n) is 8.00. The van der Waals surface area contributed by atoms with Crippen molar-refractivity contribution < 1.29 is 23.9 Å². The lowest BCUT2D eigenvalue weighted by molar-refractivity contribution is -0.119. The van der Waals surface area contributed by atoms with Crippen molar-refractivity contribution in [1.29, 1.82) is 0 Å². The molecular weight excluding hydrogens is 446 g/mol. The smallest absolute Gasteiger partial charge is 0.341 e. The summed E-state index contributed by atoms with van der Waals surface area (Å²) >= 11 is 2.71. The van der Waals surface area contributed by atoms with E-state index in [1.165, 1.54) is 22.7 Å². The quantitative estimate of drug-likeness (QED) is 0.444. The number of carbonyl (C=O) groups excluding carboxylic acids is 3. The van der Waals surface area contributed by atoms with Gasteiger partial charge in [0.15, 0.2) is 6.61 Å². The van der Waals surface area contributed by atoms with E-state index in [9.17, 15) is 14.4 Å². The van der Waals surface area contributed by atoms with Gasteiger partial charge in [0, 0.05) is 15.8 Å². The van der Waals surface area contributed by atoms with Gasteiger partial charge in [-0.15, -0.1) is 22.7 Å². The molecular formula is C24H25NO5S2. The minimum Gasteiger partial charge on any atom is -0.462 e. The van der Waals surface area contributed by atoms with E-state index >= 15 is 0 Å². The Bertz CT molecular complexity index is 1090. The molecule has 0 aliphatic heterocycles. The summed E-state index contributed by atoms with van der Waals surface area (Å²) in [5.41, 5.74) is 2.44. The lowest BCUT2D eigenvalue weighted by atomic mass is 9.87. The molecule has 3 rings (SSSR count). The molecule has 8 heteroatoms. The van der Waals surface area contributed by atoms with E-state index in [1.54, 1.807) is 24.4 Å². The molecule has 3 aromatic rings. The minimum atomic E-state index is -0.586. The molecule has 0 bridgehead atoms. The third kappa shape index (κ3) is 5.63. The van der Waals surface area contributed by atoms with Crippen LogP contribution in [-0.2, 0) is 19.7 Å². The summed E-state index contributed by atoms with van der Waals surface area (Å²) in [5.74, 6) is -1.63. The molecule has 0 aliphatic rings. The van der Waals surface area contributed by atoms with Gasteiger partial charge in [-0.2, -0.15) is 0 Å². The van der Waals surface area contributed by atoms with Gasteiger partial charge in [-0.05, 0) is 41.5 Å². The van der Waals surface area contributed by atoms with Gasteiger partial charge in [-0.1, -0.05) is 39.0 Å². The minimum absolute atomic E-state index is 0.0262. The predicted molar refractivity (Wildman–Crippen MR) is 128 cm³/mol. The average Bonchev–Trinajstić information content (AvgIpc) is 3.41. The molecule has 0 spiro atoms. The van der Waals surface area contributed by atoms with Gasteiger partial charge in [0.2, 0.25) is 0 Å². The number of ether oxygens (including phenoxy) is 2. The molecule has 0 atom stereocenters. The molecule has 1 amide bonds. The number of hydrogen-bond acceptors (Lipinski definition) is 7. The van der Waals surface area contributed by atoms with Crippen LogP contribution in [0, 0.1) is 0 Å². The fourth-order valence-electron chi connectivity index (χ4n) is 2.95. The Balaban J connectivity index is 1.67. The SMILES string of the molecule is CCOC(=O)c1c(-c2cccs2)csc1NC(=O)COC(=O)c1ccc(C(C)(C)C)cc1. The highest BCUT2D eigenvalue weighted by molar-refractivity contribution is 7.17. The summed E-state index contributed by atoms with van der Waals surface area (Å²) < 4.78 is 10.3. The monoisotopic (exact) mass is 471 g/mol. The molecule has 2 heterocycles. The van der Waals surface area contributed by atoms with Crippen molar-refractivity contribution in [2.75, 3.05) is 18.5 Å². The number of thiophene rings is 2. The van der Waals surface area contributed by atoms with Crippen molar-refractivity contribution >= 4 is 45.5 Å². The Kier molecular flexibility index (Phi) is 7.48. The third-order valence-corrected chi connectivity index (χ3v) is 6.43. The van der Waals surface area contributed by atoms with Crippen LogP contribution in [0.3, 0.4) is 0 Å². The van der Waals surface area contributed by atoms with Gasteiger partial charge >= 0.3 is 11.9 Å². The van der Waals surface area contributed by atoms with E-state index < -0.39 is 24.5 Å². The third-order valence-electron chi connectivity index (χ3n) is 4.63. The summed E-state index contributed by atoms with van der Waals surface area (Å²) in [6.45, 7) is 7.74. The number of carbonyl (C=O) groups is 3. The fourth-order valence-corrected chi connectivity index (χ4v) is 4.74. The first-order valence-corrected chi connectivity index (χ1v) is 11.9. The molecule has 32 heavy (non-hydrogen) atoms. The number of nitrogens with one attached hydrogen (secondary N) is 1. The van der Waals surface area contributed by atoms with Gasteiger partial charge in [0.1, 0.15) is 10.6 Å². The number of benzene rings is 1. The van der Waals surface area contributed by atoms with Crippen LogP contribution in [0.2, 0.25) is 0 Å². The van der Waals surface area contributed by atoms with E-state index in [0.29, 0.717) is 21.7 Å². The number of hydrogen-bond donors (Lipinski definition) is 1. The van der Waals surface area contributed by atoms with E-state index in [0.717, 1.165) is 10.4 Å². The van der Waals surface area contributed by atoms with Crippen LogP contribution < -0.4 is 5.32 Å². The number of amides is 1. The highest BCUT2D eigenvalue weighted by Gasteiger charge is 2.23. The molecule has 168 valence electrons. The summed E-state index contributed by atoms with van der Waals surface area (Å²) in [6.07, 6.45) is 0. The second kappa shape index (κ2) is 10.1. The van der Waals surface area contributed by atoms with E-state index in [2.05, 4.69) is 26.1 Å². The lowest BCUT2D eigenvalue weighted by Crippen LogP contribution is -2.22. The van der Waals surface area contributed by atoms with Gasteiger partial charge in [-0.3, -0.25) is 4.79 Å². The van der Waals surface area contributed by atoms with Gasteiger partial charge in [-0.25, -0.2) is 9.59 Å². The predicted octanol–water partition coefficient (Wildman–Crippen LogP) is 5.75. The van der Waals surface area contributed by atoms with Crippen LogP contribution in [0.1, 0.15) is 54.0 Å². The molecule has 0 unspecified atom stereocenters. The zero-order valence-electron chi connectivity index (χ0n) is 18.4. The first-order valence-electron chi connectivity index (χ1n) is 10.1. The van der Waals surface area contributed by atoms with Crippen molar-refractivity contribution in [2.45, 2.75) is 33.1 Å². The maximum Gasteiger partial charge on any atom is 0.341 e. The Labute approximate surface area is 195 Å². The normalized spacial score (nSPS) is 11.1. The zero-order valence-corrected chi connectivity index (χ0v) is 20.0. The number of anilines is 1.